The normalized spacial score (nSPS) is 20.7. The van der Waals surface area contributed by atoms with Crippen LogP contribution in [0, 0.1) is 11.8 Å². The van der Waals surface area contributed by atoms with E-state index in [2.05, 4.69) is 29.0 Å². The second-order valence-electron chi connectivity index (χ2n) is 9.86. The van der Waals surface area contributed by atoms with E-state index in [4.69, 9.17) is 0 Å². The molecular weight excluding hydrogens is 479 g/mol. The summed E-state index contributed by atoms with van der Waals surface area (Å²) in [6.07, 6.45) is -1.69. The molecule has 0 saturated carbocycles. The molecule has 0 aliphatic carbocycles. The summed E-state index contributed by atoms with van der Waals surface area (Å²) in [5, 5.41) is 2.91. The lowest BCUT2D eigenvalue weighted by atomic mass is 9.99. The quantitative estimate of drug-likeness (QED) is 0.626. The minimum absolute atomic E-state index is 0.00593. The van der Waals surface area contributed by atoms with E-state index >= 15 is 0 Å². The van der Waals surface area contributed by atoms with Crippen molar-refractivity contribution in [1.82, 2.24) is 15.2 Å². The standard InChI is InChI=1S/C25H30F3N3O3S/c1-16(2)23-22-20(15-31(23)14-18-3-5-21(6-4-18)25(26,27)28)11-19(13-29-22)24(32)30-12-17-7-9-35(33,34)10-8-17/h3-6,11,13,16-17,23H,7-10,12,14-15H2,1-2H3,(H,30,32). The van der Waals surface area contributed by atoms with Crippen molar-refractivity contribution >= 4 is 15.7 Å². The Balaban J connectivity index is 1.43. The molecule has 1 aromatic heterocycles. The smallest absolute Gasteiger partial charge is 0.352 e. The van der Waals surface area contributed by atoms with E-state index in [-0.39, 0.29) is 35.3 Å². The number of fused-ring (bicyclic) bond motifs is 1. The van der Waals surface area contributed by atoms with Gasteiger partial charge in [-0.25, -0.2) is 8.42 Å². The minimum atomic E-state index is -4.36. The largest absolute Gasteiger partial charge is 0.416 e. The molecule has 1 unspecified atom stereocenters. The molecule has 0 radical (unpaired) electrons. The molecule has 2 aromatic rings. The molecule has 190 valence electrons. The molecule has 6 nitrogen and oxygen atoms in total. The third kappa shape index (κ3) is 6.03. The number of sulfone groups is 1. The highest BCUT2D eigenvalue weighted by molar-refractivity contribution is 7.91. The van der Waals surface area contributed by atoms with Crippen LogP contribution in [0.5, 0.6) is 0 Å². The first-order valence-corrected chi connectivity index (χ1v) is 13.6. The Labute approximate surface area is 203 Å². The van der Waals surface area contributed by atoms with Crippen LogP contribution in [0.1, 0.15) is 65.5 Å². The van der Waals surface area contributed by atoms with Crippen molar-refractivity contribution in [3.63, 3.8) is 0 Å². The van der Waals surface area contributed by atoms with Gasteiger partial charge in [-0.05, 0) is 54.0 Å². The number of carbonyl (C=O) groups excluding carboxylic acids is 1. The summed E-state index contributed by atoms with van der Waals surface area (Å²) in [6, 6.07) is 7.05. The molecule has 10 heteroatoms. The molecule has 1 amide bonds. The summed E-state index contributed by atoms with van der Waals surface area (Å²) in [5.41, 5.74) is 2.39. The van der Waals surface area contributed by atoms with Crippen LogP contribution >= 0.6 is 0 Å². The number of halogens is 3. The summed E-state index contributed by atoms with van der Waals surface area (Å²) < 4.78 is 61.9. The van der Waals surface area contributed by atoms with E-state index in [0.29, 0.717) is 38.0 Å². The van der Waals surface area contributed by atoms with Crippen molar-refractivity contribution in [1.29, 1.82) is 0 Å². The topological polar surface area (TPSA) is 79.4 Å². The fourth-order valence-electron chi connectivity index (χ4n) is 4.94. The highest BCUT2D eigenvalue weighted by Gasteiger charge is 2.35. The molecule has 2 aliphatic heterocycles. The van der Waals surface area contributed by atoms with E-state index in [9.17, 15) is 26.4 Å². The van der Waals surface area contributed by atoms with Crippen LogP contribution in [0.2, 0.25) is 0 Å². The molecule has 0 bridgehead atoms. The lowest BCUT2D eigenvalue weighted by molar-refractivity contribution is -0.137. The number of alkyl halides is 3. The average Bonchev–Trinajstić information content (AvgIpc) is 3.15. The second-order valence-corrected chi connectivity index (χ2v) is 12.2. The van der Waals surface area contributed by atoms with Crippen LogP contribution in [-0.2, 0) is 29.1 Å². The van der Waals surface area contributed by atoms with Gasteiger partial charge in [0.15, 0.2) is 0 Å². The number of rotatable bonds is 6. The van der Waals surface area contributed by atoms with Gasteiger partial charge in [0.25, 0.3) is 5.91 Å². The van der Waals surface area contributed by atoms with Gasteiger partial charge in [-0.15, -0.1) is 0 Å². The summed E-state index contributed by atoms with van der Waals surface area (Å²) >= 11 is 0. The predicted molar refractivity (Wildman–Crippen MR) is 126 cm³/mol. The average molecular weight is 510 g/mol. The number of aromatic nitrogens is 1. The fraction of sp³-hybridized carbons (Fsp3) is 0.520. The monoisotopic (exact) mass is 509 g/mol. The maximum absolute atomic E-state index is 12.9. The SMILES string of the molecule is CC(C)C1c2ncc(C(=O)NCC3CCS(=O)(=O)CC3)cc2CN1Cc1ccc(C(F)(F)F)cc1. The van der Waals surface area contributed by atoms with Gasteiger partial charge in [-0.2, -0.15) is 13.2 Å². The molecule has 4 rings (SSSR count). The van der Waals surface area contributed by atoms with Crippen LogP contribution in [0.4, 0.5) is 13.2 Å². The van der Waals surface area contributed by atoms with Gasteiger partial charge in [0.2, 0.25) is 0 Å². The molecule has 1 atom stereocenters. The van der Waals surface area contributed by atoms with Crippen molar-refractivity contribution < 1.29 is 26.4 Å². The number of carbonyl (C=O) groups is 1. The molecule has 2 aliphatic rings. The summed E-state index contributed by atoms with van der Waals surface area (Å²) in [7, 11) is -2.94. The van der Waals surface area contributed by atoms with Gasteiger partial charge in [0.1, 0.15) is 9.84 Å². The Kier molecular flexibility index (Phi) is 7.24. The van der Waals surface area contributed by atoms with Gasteiger partial charge in [0, 0.05) is 25.8 Å². The van der Waals surface area contributed by atoms with Crippen LogP contribution in [0.15, 0.2) is 36.5 Å². The van der Waals surface area contributed by atoms with Crippen molar-refractivity contribution in [2.75, 3.05) is 18.1 Å². The summed E-state index contributed by atoms with van der Waals surface area (Å²) in [4.78, 5) is 19.5. The third-order valence-corrected chi connectivity index (χ3v) is 8.55. The van der Waals surface area contributed by atoms with E-state index < -0.39 is 21.6 Å². The van der Waals surface area contributed by atoms with Crippen molar-refractivity contribution in [3.05, 3.63) is 64.5 Å². The number of pyridine rings is 1. The Morgan fingerprint density at radius 1 is 1.17 bits per heavy atom. The zero-order valence-corrected chi connectivity index (χ0v) is 20.6. The first-order chi connectivity index (χ1) is 16.4. The van der Waals surface area contributed by atoms with Gasteiger partial charge in [0.05, 0.1) is 34.4 Å². The lowest BCUT2D eigenvalue weighted by Gasteiger charge is -2.27. The Morgan fingerprint density at radius 2 is 1.83 bits per heavy atom. The number of hydrogen-bond acceptors (Lipinski definition) is 5. The number of amides is 1. The molecule has 1 fully saturated rings. The van der Waals surface area contributed by atoms with Crippen molar-refractivity contribution in [2.24, 2.45) is 11.8 Å². The Bertz CT molecular complexity index is 1170. The van der Waals surface area contributed by atoms with Gasteiger partial charge in [-0.1, -0.05) is 26.0 Å². The molecule has 35 heavy (non-hydrogen) atoms. The molecule has 3 heterocycles. The van der Waals surface area contributed by atoms with E-state index in [1.165, 1.54) is 12.1 Å². The second kappa shape index (κ2) is 9.89. The third-order valence-electron chi connectivity index (χ3n) is 6.83. The van der Waals surface area contributed by atoms with E-state index in [1.54, 1.807) is 6.20 Å². The Hall–Kier alpha value is -2.46. The van der Waals surface area contributed by atoms with Crippen LogP contribution in [0.25, 0.3) is 0 Å². The molecule has 1 N–H and O–H groups in total. The maximum Gasteiger partial charge on any atom is 0.416 e. The van der Waals surface area contributed by atoms with Gasteiger partial charge in [-0.3, -0.25) is 14.7 Å². The maximum atomic E-state index is 12.9. The molecule has 0 spiro atoms. The number of nitrogens with one attached hydrogen (secondary N) is 1. The van der Waals surface area contributed by atoms with Crippen molar-refractivity contribution in [2.45, 2.75) is 52.0 Å². The first-order valence-electron chi connectivity index (χ1n) is 11.8. The first kappa shape index (κ1) is 25.6. The summed E-state index contributed by atoms with van der Waals surface area (Å²) in [5.74, 6) is 0.462. The highest BCUT2D eigenvalue weighted by Crippen LogP contribution is 2.39. The fourth-order valence-corrected chi connectivity index (χ4v) is 6.52. The Morgan fingerprint density at radius 3 is 2.43 bits per heavy atom. The van der Waals surface area contributed by atoms with Crippen LogP contribution in [-0.4, -0.2) is 42.3 Å². The van der Waals surface area contributed by atoms with Gasteiger partial charge < -0.3 is 5.32 Å². The van der Waals surface area contributed by atoms with Crippen LogP contribution < -0.4 is 5.32 Å². The highest BCUT2D eigenvalue weighted by atomic mass is 32.2. The molecule has 1 aromatic carbocycles. The van der Waals surface area contributed by atoms with E-state index in [1.807, 2.05) is 6.07 Å². The predicted octanol–water partition coefficient (Wildman–Crippen LogP) is 4.37. The van der Waals surface area contributed by atoms with Crippen molar-refractivity contribution in [3.8, 4) is 0 Å². The number of nitrogens with zero attached hydrogens (tertiary/aromatic N) is 2. The molecular formula is C25H30F3N3O3S. The van der Waals surface area contributed by atoms with Crippen LogP contribution in [0.3, 0.4) is 0 Å². The lowest BCUT2D eigenvalue weighted by Crippen LogP contribution is -2.34. The minimum Gasteiger partial charge on any atom is -0.352 e. The van der Waals surface area contributed by atoms with E-state index in [0.717, 1.165) is 29.0 Å². The number of benzene rings is 1. The zero-order valence-electron chi connectivity index (χ0n) is 19.8. The molecule has 1 saturated heterocycles. The zero-order chi connectivity index (χ0) is 25.4. The summed E-state index contributed by atoms with van der Waals surface area (Å²) in [6.45, 7) is 5.61. The van der Waals surface area contributed by atoms with Gasteiger partial charge >= 0.3 is 6.18 Å². The number of hydrogen-bond donors (Lipinski definition) is 1.